The number of nitrogens with zero attached hydrogens (tertiary/aromatic N) is 2. The van der Waals surface area contributed by atoms with Crippen LogP contribution in [0.1, 0.15) is 57.1 Å². The van der Waals surface area contributed by atoms with Gasteiger partial charge in [-0.25, -0.2) is 4.79 Å². The molecule has 7 nitrogen and oxygen atoms in total. The Balaban J connectivity index is 2.09. The lowest BCUT2D eigenvalue weighted by atomic mass is 10.2. The summed E-state index contributed by atoms with van der Waals surface area (Å²) in [4.78, 5) is 12.1. The maximum atomic E-state index is 12.1. The predicted molar refractivity (Wildman–Crippen MR) is 87.7 cm³/mol. The number of ether oxygens (including phenoxy) is 4. The Hall–Kier alpha value is -1.44. The standard InChI is InChI=1S/C17H28N2O5/c1-6-21-15(20)13-11-19(8-7-17(5)22-9-10-23-17)18-14(13)12-24-16(2,3)4/h11H,6-10,12H2,1-5H3. The Morgan fingerprint density at radius 3 is 2.62 bits per heavy atom. The van der Waals surface area contributed by atoms with Gasteiger partial charge in [-0.2, -0.15) is 5.10 Å². The first-order valence-corrected chi connectivity index (χ1v) is 8.38. The van der Waals surface area contributed by atoms with Crippen LogP contribution in [0.5, 0.6) is 0 Å². The van der Waals surface area contributed by atoms with E-state index in [0.29, 0.717) is 44.0 Å². The van der Waals surface area contributed by atoms with Crippen LogP contribution in [0.15, 0.2) is 6.20 Å². The van der Waals surface area contributed by atoms with Crippen LogP contribution >= 0.6 is 0 Å². The van der Waals surface area contributed by atoms with Gasteiger partial charge in [-0.15, -0.1) is 0 Å². The van der Waals surface area contributed by atoms with E-state index in [4.69, 9.17) is 18.9 Å². The molecular weight excluding hydrogens is 312 g/mol. The minimum atomic E-state index is -0.585. The fraction of sp³-hybridized carbons (Fsp3) is 0.765. The van der Waals surface area contributed by atoms with Crippen molar-refractivity contribution >= 4 is 5.97 Å². The summed E-state index contributed by atoms with van der Waals surface area (Å²) in [6.07, 6.45) is 2.36. The minimum Gasteiger partial charge on any atom is -0.462 e. The van der Waals surface area contributed by atoms with Gasteiger partial charge in [0.25, 0.3) is 0 Å². The highest BCUT2D eigenvalue weighted by molar-refractivity contribution is 5.90. The van der Waals surface area contributed by atoms with Crippen molar-refractivity contribution in [1.82, 2.24) is 9.78 Å². The van der Waals surface area contributed by atoms with Crippen molar-refractivity contribution in [1.29, 1.82) is 0 Å². The number of carbonyl (C=O) groups excluding carboxylic acids is 1. The van der Waals surface area contributed by atoms with Gasteiger partial charge in [0.1, 0.15) is 11.3 Å². The second-order valence-corrected chi connectivity index (χ2v) is 6.95. The van der Waals surface area contributed by atoms with Gasteiger partial charge in [-0.05, 0) is 34.6 Å². The van der Waals surface area contributed by atoms with Gasteiger partial charge in [0, 0.05) is 19.2 Å². The Morgan fingerprint density at radius 2 is 2.04 bits per heavy atom. The van der Waals surface area contributed by atoms with Crippen molar-refractivity contribution < 1.29 is 23.7 Å². The first kappa shape index (κ1) is 18.9. The predicted octanol–water partition coefficient (Wildman–Crippen LogP) is 2.53. The van der Waals surface area contributed by atoms with Gasteiger partial charge in [-0.1, -0.05) is 0 Å². The summed E-state index contributed by atoms with van der Waals surface area (Å²) < 4.78 is 23.8. The number of esters is 1. The Kier molecular flexibility index (Phi) is 6.01. The molecule has 0 atom stereocenters. The van der Waals surface area contributed by atoms with Gasteiger partial charge in [0.15, 0.2) is 5.79 Å². The molecule has 0 aliphatic carbocycles. The molecule has 1 fully saturated rings. The second-order valence-electron chi connectivity index (χ2n) is 6.95. The minimum absolute atomic E-state index is 0.259. The number of rotatable bonds is 7. The van der Waals surface area contributed by atoms with E-state index < -0.39 is 5.79 Å². The molecule has 0 radical (unpaired) electrons. The summed E-state index contributed by atoms with van der Waals surface area (Å²) in [5.41, 5.74) is 0.718. The van der Waals surface area contributed by atoms with Crippen molar-refractivity contribution in [2.24, 2.45) is 0 Å². The number of hydrogen-bond donors (Lipinski definition) is 0. The van der Waals surface area contributed by atoms with Crippen LogP contribution < -0.4 is 0 Å². The lowest BCUT2D eigenvalue weighted by Crippen LogP contribution is -2.27. The summed E-state index contributed by atoms with van der Waals surface area (Å²) in [6, 6.07) is 0. The average molecular weight is 340 g/mol. The molecule has 0 unspecified atom stereocenters. The summed E-state index contributed by atoms with van der Waals surface area (Å²) in [6.45, 7) is 12.0. The molecule has 1 aromatic rings. The molecule has 136 valence electrons. The molecule has 1 aromatic heterocycles. The van der Waals surface area contributed by atoms with E-state index >= 15 is 0 Å². The lowest BCUT2D eigenvalue weighted by Gasteiger charge is -2.21. The van der Waals surface area contributed by atoms with E-state index in [1.807, 2.05) is 27.7 Å². The number of aromatic nitrogens is 2. The molecule has 2 heterocycles. The molecule has 0 amide bonds. The van der Waals surface area contributed by atoms with Crippen LogP contribution in [0.25, 0.3) is 0 Å². The number of aryl methyl sites for hydroxylation is 1. The van der Waals surface area contributed by atoms with Gasteiger partial charge in [0.05, 0.1) is 32.0 Å². The molecule has 1 aliphatic heterocycles. The molecule has 1 saturated heterocycles. The fourth-order valence-corrected chi connectivity index (χ4v) is 2.37. The van der Waals surface area contributed by atoms with Gasteiger partial charge < -0.3 is 18.9 Å². The zero-order chi connectivity index (χ0) is 17.8. The van der Waals surface area contributed by atoms with Crippen molar-refractivity contribution in [3.8, 4) is 0 Å². The van der Waals surface area contributed by atoms with Crippen LogP contribution in [0.4, 0.5) is 0 Å². The molecule has 0 bridgehead atoms. The molecular formula is C17H28N2O5. The Bertz CT molecular complexity index is 556. The smallest absolute Gasteiger partial charge is 0.341 e. The van der Waals surface area contributed by atoms with Gasteiger partial charge in [0.2, 0.25) is 0 Å². The van der Waals surface area contributed by atoms with Crippen LogP contribution in [-0.4, -0.2) is 47.0 Å². The quantitative estimate of drug-likeness (QED) is 0.710. The number of carbonyl (C=O) groups is 1. The van der Waals surface area contributed by atoms with Crippen molar-refractivity contribution in [2.45, 2.75) is 65.6 Å². The van der Waals surface area contributed by atoms with Crippen LogP contribution in [0.3, 0.4) is 0 Å². The zero-order valence-electron chi connectivity index (χ0n) is 15.3. The number of hydrogen-bond acceptors (Lipinski definition) is 6. The van der Waals surface area contributed by atoms with E-state index in [0.717, 1.165) is 0 Å². The molecule has 1 aliphatic rings. The van der Waals surface area contributed by atoms with Crippen molar-refractivity contribution in [2.75, 3.05) is 19.8 Å². The Morgan fingerprint density at radius 1 is 1.38 bits per heavy atom. The third-order valence-electron chi connectivity index (χ3n) is 3.67. The van der Waals surface area contributed by atoms with Gasteiger partial charge >= 0.3 is 5.97 Å². The summed E-state index contributed by atoms with van der Waals surface area (Å²) in [5, 5.41) is 4.49. The Labute approximate surface area is 143 Å². The monoisotopic (exact) mass is 340 g/mol. The maximum Gasteiger partial charge on any atom is 0.341 e. The van der Waals surface area contributed by atoms with Crippen LogP contribution in [0, 0.1) is 0 Å². The van der Waals surface area contributed by atoms with E-state index in [2.05, 4.69) is 5.10 Å². The van der Waals surface area contributed by atoms with Gasteiger partial charge in [-0.3, -0.25) is 4.68 Å². The van der Waals surface area contributed by atoms with Crippen LogP contribution in [-0.2, 0) is 32.1 Å². The highest BCUT2D eigenvalue weighted by Crippen LogP contribution is 2.23. The SMILES string of the molecule is CCOC(=O)c1cn(CCC2(C)OCCO2)nc1COC(C)(C)C. The summed E-state index contributed by atoms with van der Waals surface area (Å²) in [5.74, 6) is -0.964. The lowest BCUT2D eigenvalue weighted by molar-refractivity contribution is -0.148. The first-order chi connectivity index (χ1) is 11.2. The molecule has 7 heteroatoms. The summed E-state index contributed by atoms with van der Waals surface area (Å²) in [7, 11) is 0. The maximum absolute atomic E-state index is 12.1. The molecule has 24 heavy (non-hydrogen) atoms. The largest absolute Gasteiger partial charge is 0.462 e. The molecule has 0 aromatic carbocycles. The van der Waals surface area contributed by atoms with E-state index in [9.17, 15) is 4.79 Å². The average Bonchev–Trinajstić information content (AvgIpc) is 3.09. The van der Waals surface area contributed by atoms with Crippen LogP contribution in [0.2, 0.25) is 0 Å². The third kappa shape index (κ3) is 5.29. The highest BCUT2D eigenvalue weighted by Gasteiger charge is 2.31. The normalized spacial score (nSPS) is 17.2. The molecule has 0 N–H and O–H groups in total. The molecule has 0 saturated carbocycles. The van der Waals surface area contributed by atoms with E-state index in [1.54, 1.807) is 17.8 Å². The summed E-state index contributed by atoms with van der Waals surface area (Å²) >= 11 is 0. The van der Waals surface area contributed by atoms with Crippen molar-refractivity contribution in [3.05, 3.63) is 17.5 Å². The second kappa shape index (κ2) is 7.63. The topological polar surface area (TPSA) is 71.8 Å². The van der Waals surface area contributed by atoms with Crippen molar-refractivity contribution in [3.63, 3.8) is 0 Å². The van der Waals surface area contributed by atoms with E-state index in [1.165, 1.54) is 0 Å². The molecule has 2 rings (SSSR count). The first-order valence-electron chi connectivity index (χ1n) is 8.38. The fourth-order valence-electron chi connectivity index (χ4n) is 2.37. The zero-order valence-corrected chi connectivity index (χ0v) is 15.3. The van der Waals surface area contributed by atoms with E-state index in [-0.39, 0.29) is 18.2 Å². The third-order valence-corrected chi connectivity index (χ3v) is 3.67. The molecule has 0 spiro atoms. The highest BCUT2D eigenvalue weighted by atomic mass is 16.7.